The van der Waals surface area contributed by atoms with Gasteiger partial charge in [0.05, 0.1) is 0 Å². The summed E-state index contributed by atoms with van der Waals surface area (Å²) in [5, 5.41) is 0. The molecular formula is C20H30N2O4. The predicted molar refractivity (Wildman–Crippen MR) is 95.7 cm³/mol. The zero-order valence-corrected chi connectivity index (χ0v) is 16.1. The smallest absolute Gasteiger partial charge is 0.242 e. The minimum Gasteiger partial charge on any atom is -0.281 e. The lowest BCUT2D eigenvalue weighted by molar-refractivity contribution is -0.184. The van der Waals surface area contributed by atoms with Gasteiger partial charge in [-0.05, 0) is 25.2 Å². The van der Waals surface area contributed by atoms with Crippen molar-refractivity contribution in [2.24, 2.45) is 23.2 Å². The van der Waals surface area contributed by atoms with Crippen molar-refractivity contribution in [3.63, 3.8) is 0 Å². The molecule has 6 nitrogen and oxygen atoms in total. The van der Waals surface area contributed by atoms with Crippen molar-refractivity contribution in [3.8, 4) is 0 Å². The van der Waals surface area contributed by atoms with E-state index in [0.29, 0.717) is 25.4 Å². The number of carbonyl (C=O) groups excluding carboxylic acids is 4. The van der Waals surface area contributed by atoms with Gasteiger partial charge in [0.2, 0.25) is 23.6 Å². The summed E-state index contributed by atoms with van der Waals surface area (Å²) >= 11 is 0. The molecule has 0 aromatic carbocycles. The van der Waals surface area contributed by atoms with Crippen molar-refractivity contribution < 1.29 is 19.2 Å². The number of amides is 4. The molecule has 0 aromatic heterocycles. The second-order valence-electron chi connectivity index (χ2n) is 8.66. The van der Waals surface area contributed by atoms with Crippen molar-refractivity contribution in [1.29, 1.82) is 0 Å². The van der Waals surface area contributed by atoms with Gasteiger partial charge in [0, 0.05) is 18.5 Å². The van der Waals surface area contributed by atoms with Crippen molar-refractivity contribution in [2.75, 3.05) is 13.1 Å². The Hall–Kier alpha value is -1.72. The van der Waals surface area contributed by atoms with Crippen LogP contribution in [0.25, 0.3) is 0 Å². The van der Waals surface area contributed by atoms with Crippen molar-refractivity contribution in [3.05, 3.63) is 0 Å². The van der Waals surface area contributed by atoms with Crippen molar-refractivity contribution in [2.45, 2.75) is 65.7 Å². The molecule has 144 valence electrons. The minimum atomic E-state index is -0.950. The summed E-state index contributed by atoms with van der Waals surface area (Å²) in [6.45, 7) is 6.05. The third-order valence-corrected chi connectivity index (χ3v) is 6.44. The maximum Gasteiger partial charge on any atom is 0.242 e. The molecule has 3 fully saturated rings. The Morgan fingerprint density at radius 1 is 0.846 bits per heavy atom. The number of imide groups is 2. The van der Waals surface area contributed by atoms with Gasteiger partial charge in [-0.1, -0.05) is 46.5 Å². The average Bonchev–Trinajstić information content (AvgIpc) is 2.58. The topological polar surface area (TPSA) is 74.8 Å². The van der Waals surface area contributed by atoms with E-state index in [2.05, 4.69) is 0 Å². The number of nitrogens with zero attached hydrogens (tertiary/aromatic N) is 2. The van der Waals surface area contributed by atoms with Gasteiger partial charge in [-0.3, -0.25) is 29.0 Å². The molecule has 3 rings (SSSR count). The number of likely N-dealkylation sites (tertiary alicyclic amines) is 2. The van der Waals surface area contributed by atoms with Crippen LogP contribution < -0.4 is 0 Å². The summed E-state index contributed by atoms with van der Waals surface area (Å²) in [5.74, 6) is -3.21. The molecule has 2 aliphatic heterocycles. The van der Waals surface area contributed by atoms with Gasteiger partial charge in [0.1, 0.15) is 11.8 Å². The molecule has 6 heteroatoms. The van der Waals surface area contributed by atoms with Crippen LogP contribution in [-0.4, -0.2) is 46.5 Å². The average molecular weight is 362 g/mol. The molecule has 2 atom stereocenters. The Balaban J connectivity index is 1.89. The first-order valence-corrected chi connectivity index (χ1v) is 10.0. The summed E-state index contributed by atoms with van der Waals surface area (Å²) in [5.41, 5.74) is -0.950. The fourth-order valence-corrected chi connectivity index (χ4v) is 4.84. The Labute approximate surface area is 155 Å². The minimum absolute atomic E-state index is 0.292. The Morgan fingerprint density at radius 3 is 1.85 bits per heavy atom. The number of hydrogen-bond acceptors (Lipinski definition) is 4. The van der Waals surface area contributed by atoms with E-state index in [-0.39, 0.29) is 0 Å². The molecule has 3 aliphatic rings. The highest BCUT2D eigenvalue weighted by atomic mass is 16.2. The first-order chi connectivity index (χ1) is 12.3. The zero-order valence-electron chi connectivity index (χ0n) is 16.1. The molecule has 2 heterocycles. The lowest BCUT2D eigenvalue weighted by Gasteiger charge is -2.51. The van der Waals surface area contributed by atoms with Gasteiger partial charge in [-0.25, -0.2) is 0 Å². The summed E-state index contributed by atoms with van der Waals surface area (Å²) in [6, 6.07) is 0. The molecule has 2 saturated heterocycles. The fourth-order valence-electron chi connectivity index (χ4n) is 4.84. The summed E-state index contributed by atoms with van der Waals surface area (Å²) in [7, 11) is 0. The molecule has 4 amide bonds. The molecule has 1 aliphatic carbocycles. The standard InChI is InChI=1S/C20H30N2O4/c1-4-5-11-21-16(23)14-18(25)22(12-13-9-7-6-8-10-13)19(26)15(17(21)24)20(14,2)3/h13-15H,4-12H2,1-3H3/t14-,15+. The number of piperidine rings is 2. The molecule has 0 radical (unpaired) electrons. The van der Waals surface area contributed by atoms with Crippen molar-refractivity contribution >= 4 is 23.6 Å². The number of unbranched alkanes of at least 4 members (excludes halogenated alkanes) is 1. The van der Waals surface area contributed by atoms with Crippen LogP contribution in [0.4, 0.5) is 0 Å². The van der Waals surface area contributed by atoms with Gasteiger partial charge in [0.25, 0.3) is 0 Å². The quantitative estimate of drug-likeness (QED) is 0.556. The van der Waals surface area contributed by atoms with Gasteiger partial charge < -0.3 is 0 Å². The van der Waals surface area contributed by atoms with Crippen LogP contribution in [0, 0.1) is 23.2 Å². The number of hydrogen-bond donors (Lipinski definition) is 0. The van der Waals surface area contributed by atoms with Gasteiger partial charge in [-0.15, -0.1) is 0 Å². The van der Waals surface area contributed by atoms with E-state index < -0.39 is 40.9 Å². The molecule has 2 bridgehead atoms. The number of rotatable bonds is 5. The van der Waals surface area contributed by atoms with Crippen LogP contribution in [0.1, 0.15) is 65.7 Å². The number of carbonyl (C=O) groups is 4. The van der Waals surface area contributed by atoms with Gasteiger partial charge in [0.15, 0.2) is 0 Å². The lowest BCUT2D eigenvalue weighted by Crippen LogP contribution is -2.70. The maximum atomic E-state index is 13.1. The highest BCUT2D eigenvalue weighted by Crippen LogP contribution is 2.47. The van der Waals surface area contributed by atoms with E-state index in [1.54, 1.807) is 13.8 Å². The third-order valence-electron chi connectivity index (χ3n) is 6.44. The van der Waals surface area contributed by atoms with Crippen LogP contribution in [0.3, 0.4) is 0 Å². The number of fused-ring (bicyclic) bond motifs is 2. The van der Waals surface area contributed by atoms with Crippen molar-refractivity contribution in [1.82, 2.24) is 9.80 Å². The molecule has 0 aromatic rings. The second kappa shape index (κ2) is 7.12. The fraction of sp³-hybridized carbons (Fsp3) is 0.800. The van der Waals surface area contributed by atoms with E-state index >= 15 is 0 Å². The van der Waals surface area contributed by atoms with E-state index in [9.17, 15) is 19.2 Å². The zero-order chi connectivity index (χ0) is 19.1. The molecule has 0 N–H and O–H groups in total. The van der Waals surface area contributed by atoms with E-state index in [1.807, 2.05) is 6.92 Å². The predicted octanol–water partition coefficient (Wildman–Crippen LogP) is 2.36. The normalized spacial score (nSPS) is 29.5. The van der Waals surface area contributed by atoms with Crippen LogP contribution in [-0.2, 0) is 19.2 Å². The van der Waals surface area contributed by atoms with Gasteiger partial charge >= 0.3 is 0 Å². The van der Waals surface area contributed by atoms with E-state index in [1.165, 1.54) is 11.3 Å². The van der Waals surface area contributed by atoms with Crippen LogP contribution in [0.2, 0.25) is 0 Å². The molecule has 0 spiro atoms. The first kappa shape index (κ1) is 19.1. The monoisotopic (exact) mass is 362 g/mol. The van der Waals surface area contributed by atoms with Gasteiger partial charge in [-0.2, -0.15) is 0 Å². The summed E-state index contributed by atoms with van der Waals surface area (Å²) in [6.07, 6.45) is 6.95. The molecule has 0 unspecified atom stereocenters. The summed E-state index contributed by atoms with van der Waals surface area (Å²) < 4.78 is 0. The molecular weight excluding hydrogens is 332 g/mol. The highest BCUT2D eigenvalue weighted by Gasteiger charge is 2.64. The van der Waals surface area contributed by atoms with E-state index in [0.717, 1.165) is 37.0 Å². The molecule has 1 saturated carbocycles. The first-order valence-electron chi connectivity index (χ1n) is 10.0. The SMILES string of the molecule is CCCCN1C(=O)[C@@H]2C(=O)N(CC3CCCCC3)C(=O)[C@H](C1=O)C2(C)C. The Bertz CT molecular complexity index is 583. The third kappa shape index (κ3) is 2.97. The van der Waals surface area contributed by atoms with E-state index in [4.69, 9.17) is 0 Å². The highest BCUT2D eigenvalue weighted by molar-refractivity contribution is 6.22. The summed E-state index contributed by atoms with van der Waals surface area (Å²) in [4.78, 5) is 54.6. The Morgan fingerprint density at radius 2 is 1.35 bits per heavy atom. The van der Waals surface area contributed by atoms with Crippen LogP contribution in [0.15, 0.2) is 0 Å². The Kier molecular flexibility index (Phi) is 5.22. The van der Waals surface area contributed by atoms with Crippen LogP contribution >= 0.6 is 0 Å². The van der Waals surface area contributed by atoms with Crippen LogP contribution in [0.5, 0.6) is 0 Å². The maximum absolute atomic E-state index is 13.1. The lowest BCUT2D eigenvalue weighted by atomic mass is 9.62. The second-order valence-corrected chi connectivity index (χ2v) is 8.66. The molecule has 26 heavy (non-hydrogen) atoms. The largest absolute Gasteiger partial charge is 0.281 e.